The van der Waals surface area contributed by atoms with E-state index in [1.807, 2.05) is 12.1 Å². The summed E-state index contributed by atoms with van der Waals surface area (Å²) in [5, 5.41) is 26.6. The minimum atomic E-state index is -1.42. The molecule has 39 heavy (non-hydrogen) atoms. The minimum absolute atomic E-state index is 0.0459. The van der Waals surface area contributed by atoms with E-state index in [0.29, 0.717) is 5.56 Å². The minimum Gasteiger partial charge on any atom is -0.481 e. The van der Waals surface area contributed by atoms with Crippen molar-refractivity contribution in [2.24, 2.45) is 11.5 Å². The Kier molecular flexibility index (Phi) is 11.7. The highest BCUT2D eigenvalue weighted by atomic mass is 32.1. The van der Waals surface area contributed by atoms with Crippen LogP contribution in [0.2, 0.25) is 0 Å². The number of hydrogen-bond acceptors (Lipinski definition) is 8. The first-order valence-corrected chi connectivity index (χ1v) is 12.6. The number of aliphatic carboxylic acids is 2. The van der Waals surface area contributed by atoms with Gasteiger partial charge in [-0.3, -0.25) is 24.0 Å². The van der Waals surface area contributed by atoms with Crippen LogP contribution in [0.5, 0.6) is 0 Å². The molecule has 4 amide bonds. The van der Waals surface area contributed by atoms with E-state index in [4.69, 9.17) is 16.6 Å². The first-order valence-electron chi connectivity index (χ1n) is 12.0. The van der Waals surface area contributed by atoms with Crippen LogP contribution in [-0.4, -0.2) is 80.7 Å². The number of primary amides is 1. The SMILES string of the molecule is NC(=O)CCC(NC(=O)C(CCC(=O)O)NC(=O)C(N)CS)C(=O)NC(Cc1c[nH]c2ccccc12)C(=O)O. The Balaban J connectivity index is 2.21. The van der Waals surface area contributed by atoms with Gasteiger partial charge < -0.3 is 42.6 Å². The fourth-order valence-electron chi connectivity index (χ4n) is 3.72. The van der Waals surface area contributed by atoms with E-state index in [1.165, 1.54) is 0 Å². The smallest absolute Gasteiger partial charge is 0.326 e. The second-order valence-corrected chi connectivity index (χ2v) is 9.18. The molecule has 10 N–H and O–H groups in total. The molecule has 212 valence electrons. The number of carboxylic acid groups (broad SMARTS) is 2. The Morgan fingerprint density at radius 2 is 1.44 bits per heavy atom. The van der Waals surface area contributed by atoms with E-state index < -0.39 is 66.2 Å². The molecule has 0 saturated heterocycles. The van der Waals surface area contributed by atoms with Gasteiger partial charge in [-0.1, -0.05) is 18.2 Å². The lowest BCUT2D eigenvalue weighted by Gasteiger charge is -2.25. The van der Waals surface area contributed by atoms with Crippen LogP contribution in [0.4, 0.5) is 0 Å². The zero-order valence-electron chi connectivity index (χ0n) is 20.9. The average Bonchev–Trinajstić information content (AvgIpc) is 3.30. The van der Waals surface area contributed by atoms with E-state index in [0.717, 1.165) is 10.9 Å². The van der Waals surface area contributed by atoms with Crippen LogP contribution in [0.15, 0.2) is 30.5 Å². The molecular weight excluding hydrogens is 532 g/mol. The number of aromatic amines is 1. The Bertz CT molecular complexity index is 1220. The molecule has 15 heteroatoms. The van der Waals surface area contributed by atoms with E-state index in [1.54, 1.807) is 18.3 Å². The maximum absolute atomic E-state index is 13.1. The Morgan fingerprint density at radius 1 is 0.872 bits per heavy atom. The topological polar surface area (TPSA) is 247 Å². The van der Waals surface area contributed by atoms with Crippen molar-refractivity contribution in [1.29, 1.82) is 0 Å². The van der Waals surface area contributed by atoms with Crippen LogP contribution in [0, 0.1) is 0 Å². The Labute approximate surface area is 228 Å². The van der Waals surface area contributed by atoms with Crippen molar-refractivity contribution in [3.8, 4) is 0 Å². The third-order valence-corrected chi connectivity index (χ3v) is 6.23. The summed E-state index contributed by atoms with van der Waals surface area (Å²) in [5.41, 5.74) is 12.2. The monoisotopic (exact) mass is 564 g/mol. The van der Waals surface area contributed by atoms with E-state index in [2.05, 4.69) is 33.6 Å². The number of H-pyrrole nitrogens is 1. The third-order valence-electron chi connectivity index (χ3n) is 5.84. The average molecular weight is 565 g/mol. The molecule has 0 fully saturated rings. The number of hydrogen-bond donors (Lipinski definition) is 9. The van der Waals surface area contributed by atoms with Crippen molar-refractivity contribution in [3.05, 3.63) is 36.0 Å². The first kappa shape index (κ1) is 31.1. The molecular formula is C24H32N6O8S. The number of fused-ring (bicyclic) bond motifs is 1. The molecule has 2 rings (SSSR count). The number of nitrogens with two attached hydrogens (primary N) is 2. The fraction of sp³-hybridized carbons (Fsp3) is 0.417. The largest absolute Gasteiger partial charge is 0.481 e. The second-order valence-electron chi connectivity index (χ2n) is 8.81. The van der Waals surface area contributed by atoms with Crippen molar-refractivity contribution in [2.75, 3.05) is 5.75 Å². The van der Waals surface area contributed by atoms with E-state index in [9.17, 15) is 33.9 Å². The highest BCUT2D eigenvalue weighted by Gasteiger charge is 2.31. The van der Waals surface area contributed by atoms with Crippen LogP contribution in [0.3, 0.4) is 0 Å². The van der Waals surface area contributed by atoms with Gasteiger partial charge >= 0.3 is 11.9 Å². The molecule has 4 unspecified atom stereocenters. The lowest BCUT2D eigenvalue weighted by atomic mass is 10.0. The highest BCUT2D eigenvalue weighted by Crippen LogP contribution is 2.19. The van der Waals surface area contributed by atoms with Gasteiger partial charge in [0.15, 0.2) is 0 Å². The summed E-state index contributed by atoms with van der Waals surface area (Å²) < 4.78 is 0. The van der Waals surface area contributed by atoms with Crippen molar-refractivity contribution in [3.63, 3.8) is 0 Å². The zero-order valence-corrected chi connectivity index (χ0v) is 21.8. The van der Waals surface area contributed by atoms with Gasteiger partial charge in [0.25, 0.3) is 0 Å². The Morgan fingerprint density at radius 3 is 2.00 bits per heavy atom. The maximum Gasteiger partial charge on any atom is 0.326 e. The third kappa shape index (κ3) is 9.61. The molecule has 0 aliphatic carbocycles. The number of rotatable bonds is 16. The van der Waals surface area contributed by atoms with Gasteiger partial charge in [0.1, 0.15) is 18.1 Å². The van der Waals surface area contributed by atoms with Crippen LogP contribution in [0.1, 0.15) is 31.2 Å². The van der Waals surface area contributed by atoms with Crippen LogP contribution >= 0.6 is 12.6 Å². The number of aromatic nitrogens is 1. The van der Waals surface area contributed by atoms with Gasteiger partial charge in [-0.2, -0.15) is 12.6 Å². The van der Waals surface area contributed by atoms with Gasteiger partial charge in [0.2, 0.25) is 23.6 Å². The molecule has 0 saturated carbocycles. The van der Waals surface area contributed by atoms with Crippen molar-refractivity contribution in [1.82, 2.24) is 20.9 Å². The molecule has 0 aliphatic heterocycles. The summed E-state index contributed by atoms with van der Waals surface area (Å²) in [6, 6.07) is 1.93. The molecule has 14 nitrogen and oxygen atoms in total. The summed E-state index contributed by atoms with van der Waals surface area (Å²) in [5.74, 6) is -5.98. The van der Waals surface area contributed by atoms with Gasteiger partial charge in [-0.25, -0.2) is 4.79 Å². The molecule has 4 atom stereocenters. The summed E-state index contributed by atoms with van der Waals surface area (Å²) in [6.07, 6.45) is 0.134. The second kappa shape index (κ2) is 14.7. The molecule has 0 bridgehead atoms. The Hall–Kier alpha value is -4.11. The molecule has 1 heterocycles. The van der Waals surface area contributed by atoms with Crippen molar-refractivity contribution < 1.29 is 39.0 Å². The van der Waals surface area contributed by atoms with E-state index in [-0.39, 0.29) is 31.4 Å². The number of carboxylic acids is 2. The predicted molar refractivity (Wildman–Crippen MR) is 143 cm³/mol. The zero-order chi connectivity index (χ0) is 29.1. The summed E-state index contributed by atoms with van der Waals surface area (Å²) >= 11 is 3.92. The molecule has 0 radical (unpaired) electrons. The number of thiol groups is 1. The predicted octanol–water partition coefficient (Wildman–Crippen LogP) is -1.36. The molecule has 1 aromatic heterocycles. The molecule has 0 spiro atoms. The number of carbonyl (C=O) groups is 6. The number of para-hydroxylation sites is 1. The summed E-state index contributed by atoms with van der Waals surface area (Å²) in [4.78, 5) is 75.7. The maximum atomic E-state index is 13.1. The van der Waals surface area contributed by atoms with E-state index >= 15 is 0 Å². The summed E-state index contributed by atoms with van der Waals surface area (Å²) in [7, 11) is 0. The van der Waals surface area contributed by atoms with Gasteiger partial charge in [0, 0.05) is 42.1 Å². The normalized spacial score (nSPS) is 14.0. The number of nitrogens with one attached hydrogen (secondary N) is 4. The molecule has 0 aliphatic rings. The molecule has 2 aromatic rings. The fourth-order valence-corrected chi connectivity index (χ4v) is 3.88. The number of amides is 4. The number of benzene rings is 1. The quantitative estimate of drug-likeness (QED) is 0.109. The lowest BCUT2D eigenvalue weighted by Crippen LogP contribution is -2.57. The number of carbonyl (C=O) groups excluding carboxylic acids is 4. The van der Waals surface area contributed by atoms with Gasteiger partial charge in [-0.15, -0.1) is 0 Å². The van der Waals surface area contributed by atoms with Crippen molar-refractivity contribution >= 4 is 59.1 Å². The van der Waals surface area contributed by atoms with Gasteiger partial charge in [0.05, 0.1) is 6.04 Å². The van der Waals surface area contributed by atoms with Crippen molar-refractivity contribution in [2.45, 2.75) is 56.3 Å². The summed E-state index contributed by atoms with van der Waals surface area (Å²) in [6.45, 7) is 0. The molecule has 1 aromatic carbocycles. The van der Waals surface area contributed by atoms with Crippen LogP contribution in [0.25, 0.3) is 10.9 Å². The van der Waals surface area contributed by atoms with Crippen LogP contribution in [-0.2, 0) is 35.2 Å². The van der Waals surface area contributed by atoms with Gasteiger partial charge in [-0.05, 0) is 24.5 Å². The first-order chi connectivity index (χ1) is 18.4. The lowest BCUT2D eigenvalue weighted by molar-refractivity contribution is -0.142. The van der Waals surface area contributed by atoms with Crippen LogP contribution < -0.4 is 27.4 Å². The standard InChI is InChI=1S/C24H32N6O8S/c25-14(11-39)21(34)28-17(6-8-20(32)33)22(35)29-16(5-7-19(26)31)23(36)30-18(24(37)38)9-12-10-27-15-4-2-1-3-13(12)15/h1-4,10,14,16-18,27,39H,5-9,11,25H2,(H2,26,31)(H,28,34)(H,29,35)(H,30,36)(H,32,33)(H,37,38). The highest BCUT2D eigenvalue weighted by molar-refractivity contribution is 7.80.